The van der Waals surface area contributed by atoms with Crippen LogP contribution in [0.3, 0.4) is 0 Å². The van der Waals surface area contributed by atoms with E-state index in [4.69, 9.17) is 21.1 Å². The molecule has 0 saturated heterocycles. The Hall–Kier alpha value is 0.160. The second kappa shape index (κ2) is 10.0. The number of hydrogen-bond acceptors (Lipinski definition) is 2. The van der Waals surface area contributed by atoms with Crippen LogP contribution in [-0.4, -0.2) is 24.2 Å². The highest BCUT2D eigenvalue weighted by Crippen LogP contribution is 2.21. The van der Waals surface area contributed by atoms with Gasteiger partial charge >= 0.3 is 0 Å². The molecule has 0 spiro atoms. The van der Waals surface area contributed by atoms with E-state index in [1.165, 1.54) is 12.0 Å². The zero-order valence-corrected chi connectivity index (χ0v) is 13.6. The Morgan fingerprint density at radius 1 is 1.17 bits per heavy atom. The van der Waals surface area contributed by atoms with Gasteiger partial charge in [-0.2, -0.15) is 0 Å². The molecule has 0 aliphatic carbocycles. The summed E-state index contributed by atoms with van der Waals surface area (Å²) in [6.07, 6.45) is 2.41. The van der Waals surface area contributed by atoms with Crippen LogP contribution in [0.1, 0.15) is 31.4 Å². The first-order valence-corrected chi connectivity index (χ1v) is 8.19. The van der Waals surface area contributed by atoms with Crippen molar-refractivity contribution in [1.29, 1.82) is 0 Å². The van der Waals surface area contributed by atoms with Crippen LogP contribution in [-0.2, 0) is 9.47 Å². The highest BCUT2D eigenvalue weighted by Gasteiger charge is 2.09. The summed E-state index contributed by atoms with van der Waals surface area (Å²) in [6.45, 7) is 4.29. The lowest BCUT2D eigenvalue weighted by molar-refractivity contribution is 0.0139. The van der Waals surface area contributed by atoms with E-state index in [9.17, 15) is 0 Å². The summed E-state index contributed by atoms with van der Waals surface area (Å²) >= 11 is 8.21. The Kier molecular flexibility index (Phi) is 9.02. The van der Waals surface area contributed by atoms with Gasteiger partial charge in [-0.3, -0.25) is 0 Å². The summed E-state index contributed by atoms with van der Waals surface area (Å²) in [5.74, 6) is 0. The summed E-state index contributed by atoms with van der Waals surface area (Å²) in [5, 5.41) is 0.758. The molecule has 4 heteroatoms. The lowest BCUT2D eigenvalue weighted by atomic mass is 10.1. The molecule has 102 valence electrons. The molecule has 2 nitrogen and oxygen atoms in total. The molecule has 0 amide bonds. The number of halogens is 2. The van der Waals surface area contributed by atoms with Crippen molar-refractivity contribution in [3.63, 3.8) is 0 Å². The zero-order valence-electron chi connectivity index (χ0n) is 10.7. The maximum Gasteiger partial charge on any atom is 0.0915 e. The average molecular weight is 383 g/mol. The summed E-state index contributed by atoms with van der Waals surface area (Å²) < 4.78 is 12.2. The van der Waals surface area contributed by atoms with Crippen LogP contribution >= 0.6 is 34.2 Å². The molecule has 1 rings (SSSR count). The number of rotatable bonds is 9. The Labute approximate surface area is 128 Å². The van der Waals surface area contributed by atoms with Crippen molar-refractivity contribution in [2.45, 2.75) is 25.9 Å². The fraction of sp³-hybridized carbons (Fsp3) is 0.571. The molecule has 0 heterocycles. The van der Waals surface area contributed by atoms with Gasteiger partial charge in [-0.05, 0) is 24.1 Å². The molecule has 0 aliphatic heterocycles. The van der Waals surface area contributed by atoms with Gasteiger partial charge in [0.1, 0.15) is 0 Å². The van der Waals surface area contributed by atoms with E-state index < -0.39 is 0 Å². The predicted octanol–water partition coefficient (Wildman–Crippen LogP) is 4.65. The van der Waals surface area contributed by atoms with Crippen molar-refractivity contribution >= 4 is 34.2 Å². The molecule has 0 radical (unpaired) electrons. The van der Waals surface area contributed by atoms with Gasteiger partial charge in [0, 0.05) is 16.1 Å². The van der Waals surface area contributed by atoms with Gasteiger partial charge in [-0.1, -0.05) is 59.7 Å². The van der Waals surface area contributed by atoms with Crippen molar-refractivity contribution in [2.75, 3.05) is 24.2 Å². The first-order chi connectivity index (χ1) is 8.77. The number of benzene rings is 1. The minimum atomic E-state index is 0.123. The van der Waals surface area contributed by atoms with Gasteiger partial charge in [-0.15, -0.1) is 0 Å². The third-order valence-electron chi connectivity index (χ3n) is 2.57. The quantitative estimate of drug-likeness (QED) is 0.352. The molecule has 0 N–H and O–H groups in total. The largest absolute Gasteiger partial charge is 0.379 e. The van der Waals surface area contributed by atoms with Crippen molar-refractivity contribution in [3.05, 3.63) is 34.9 Å². The number of hydrogen-bond donors (Lipinski definition) is 0. The molecule has 1 aromatic carbocycles. The van der Waals surface area contributed by atoms with Gasteiger partial charge in [0.2, 0.25) is 0 Å². The molecular weight excluding hydrogens is 363 g/mol. The smallest absolute Gasteiger partial charge is 0.0915 e. The summed E-state index contributed by atoms with van der Waals surface area (Å²) in [7, 11) is 0. The van der Waals surface area contributed by atoms with E-state index in [0.717, 1.165) is 22.5 Å². The minimum absolute atomic E-state index is 0.123. The van der Waals surface area contributed by atoms with Crippen LogP contribution in [0, 0.1) is 0 Å². The molecule has 0 aromatic heterocycles. The second-order valence-electron chi connectivity index (χ2n) is 4.03. The Bertz CT molecular complexity index is 316. The maximum absolute atomic E-state index is 5.87. The Balaban J connectivity index is 2.27. The fourth-order valence-corrected chi connectivity index (χ4v) is 2.39. The molecule has 0 aliphatic rings. The SMILES string of the molecule is CCCCOCCOC(CI)c1ccc(Cl)cc1. The number of unbranched alkanes of at least 4 members (excludes halogenated alkanes) is 1. The van der Waals surface area contributed by atoms with Gasteiger partial charge in [0.05, 0.1) is 19.3 Å². The molecule has 0 bridgehead atoms. The van der Waals surface area contributed by atoms with Crippen LogP contribution in [0.25, 0.3) is 0 Å². The van der Waals surface area contributed by atoms with E-state index in [-0.39, 0.29) is 6.10 Å². The first-order valence-electron chi connectivity index (χ1n) is 6.28. The molecule has 1 atom stereocenters. The summed E-state index contributed by atoms with van der Waals surface area (Å²) in [6, 6.07) is 7.84. The van der Waals surface area contributed by atoms with Gasteiger partial charge < -0.3 is 9.47 Å². The van der Waals surface area contributed by atoms with E-state index >= 15 is 0 Å². The van der Waals surface area contributed by atoms with Gasteiger partial charge in [0.25, 0.3) is 0 Å². The average Bonchev–Trinajstić information content (AvgIpc) is 2.39. The third kappa shape index (κ3) is 6.36. The van der Waals surface area contributed by atoms with E-state index in [2.05, 4.69) is 29.5 Å². The number of ether oxygens (including phenoxy) is 2. The maximum atomic E-state index is 5.87. The Morgan fingerprint density at radius 3 is 2.50 bits per heavy atom. The van der Waals surface area contributed by atoms with Crippen LogP contribution in [0.5, 0.6) is 0 Å². The van der Waals surface area contributed by atoms with Gasteiger partial charge in [-0.25, -0.2) is 0 Å². The molecule has 1 aromatic rings. The van der Waals surface area contributed by atoms with Crippen molar-refractivity contribution in [1.82, 2.24) is 0 Å². The fourth-order valence-electron chi connectivity index (χ4n) is 1.51. The van der Waals surface area contributed by atoms with Crippen molar-refractivity contribution in [3.8, 4) is 0 Å². The molecule has 0 fully saturated rings. The molecular formula is C14H20ClIO2. The van der Waals surface area contributed by atoms with Crippen LogP contribution in [0.4, 0.5) is 0 Å². The highest BCUT2D eigenvalue weighted by atomic mass is 127. The molecule has 0 saturated carbocycles. The van der Waals surface area contributed by atoms with Gasteiger partial charge in [0.15, 0.2) is 0 Å². The zero-order chi connectivity index (χ0) is 13.2. The normalized spacial score (nSPS) is 12.6. The van der Waals surface area contributed by atoms with Crippen LogP contribution < -0.4 is 0 Å². The molecule has 18 heavy (non-hydrogen) atoms. The van der Waals surface area contributed by atoms with E-state index in [1.54, 1.807) is 0 Å². The monoisotopic (exact) mass is 382 g/mol. The minimum Gasteiger partial charge on any atom is -0.379 e. The van der Waals surface area contributed by atoms with Crippen molar-refractivity contribution in [2.24, 2.45) is 0 Å². The third-order valence-corrected chi connectivity index (χ3v) is 3.62. The standard InChI is InChI=1S/C14H20ClIO2/c1-2-3-8-17-9-10-18-14(11-16)12-4-6-13(15)7-5-12/h4-7,14H,2-3,8-11H2,1H3. The summed E-state index contributed by atoms with van der Waals surface area (Å²) in [4.78, 5) is 0. The lowest BCUT2D eigenvalue weighted by Crippen LogP contribution is -2.11. The lowest BCUT2D eigenvalue weighted by Gasteiger charge is -2.16. The van der Waals surface area contributed by atoms with E-state index in [0.29, 0.717) is 13.2 Å². The second-order valence-corrected chi connectivity index (χ2v) is 5.35. The van der Waals surface area contributed by atoms with Crippen LogP contribution in [0.2, 0.25) is 5.02 Å². The van der Waals surface area contributed by atoms with Crippen molar-refractivity contribution < 1.29 is 9.47 Å². The highest BCUT2D eigenvalue weighted by molar-refractivity contribution is 14.1. The predicted molar refractivity (Wildman–Crippen MR) is 84.8 cm³/mol. The first kappa shape index (κ1) is 16.2. The summed E-state index contributed by atoms with van der Waals surface area (Å²) in [5.41, 5.74) is 1.17. The topological polar surface area (TPSA) is 18.5 Å². The molecule has 1 unspecified atom stereocenters. The number of alkyl halides is 1. The van der Waals surface area contributed by atoms with E-state index in [1.807, 2.05) is 24.3 Å². The van der Waals surface area contributed by atoms with Crippen LogP contribution in [0.15, 0.2) is 24.3 Å². The Morgan fingerprint density at radius 2 is 1.89 bits per heavy atom.